The molecule has 0 unspecified atom stereocenters. The third kappa shape index (κ3) is 11.0. The van der Waals surface area contributed by atoms with Crippen LogP contribution >= 0.6 is 0 Å². The number of carbonyl (C=O) groups is 1. The van der Waals surface area contributed by atoms with Gasteiger partial charge < -0.3 is 9.64 Å². The molecule has 0 aliphatic carbocycles. The number of nitrogens with zero attached hydrogens (tertiary/aromatic N) is 1. The summed E-state index contributed by atoms with van der Waals surface area (Å²) in [6, 6.07) is 9.63. The molecule has 0 bridgehead atoms. The first-order valence-electron chi connectivity index (χ1n) is 9.35. The number of amides is 1. The van der Waals surface area contributed by atoms with Crippen LogP contribution in [0.15, 0.2) is 30.3 Å². The molecule has 0 saturated carbocycles. The molecular formula is C20H33NO5S. The summed E-state index contributed by atoms with van der Waals surface area (Å²) in [5.41, 5.74) is 0.429. The molecule has 0 aliphatic heterocycles. The van der Waals surface area contributed by atoms with E-state index in [1.807, 2.05) is 44.2 Å². The maximum absolute atomic E-state index is 12.7. The average molecular weight is 400 g/mol. The molecule has 0 aromatic heterocycles. The molecule has 0 fully saturated rings. The van der Waals surface area contributed by atoms with Gasteiger partial charge in [0.2, 0.25) is 0 Å². The van der Waals surface area contributed by atoms with Crippen LogP contribution in [0.5, 0.6) is 0 Å². The summed E-state index contributed by atoms with van der Waals surface area (Å²) in [5.74, 6) is 0.538. The van der Waals surface area contributed by atoms with Gasteiger partial charge in [0.15, 0.2) is 0 Å². The standard InChI is InChI=1S/C20H33NO5S/c1-17(2)12-13-20(3,4)26-19(22)21(14-9-15-25-27(5,23)24)16-18-10-7-6-8-11-18/h6-8,10-11,17H,9,12-16H2,1-5H3. The van der Waals surface area contributed by atoms with Crippen molar-refractivity contribution in [2.24, 2.45) is 5.92 Å². The lowest BCUT2D eigenvalue weighted by atomic mass is 9.97. The van der Waals surface area contributed by atoms with Gasteiger partial charge in [0.25, 0.3) is 10.1 Å². The number of hydrogen-bond donors (Lipinski definition) is 0. The minimum Gasteiger partial charge on any atom is -0.443 e. The predicted molar refractivity (Wildman–Crippen MR) is 107 cm³/mol. The zero-order valence-corrected chi connectivity index (χ0v) is 17.9. The Morgan fingerprint density at radius 3 is 2.37 bits per heavy atom. The van der Waals surface area contributed by atoms with Gasteiger partial charge in [-0.2, -0.15) is 8.42 Å². The lowest BCUT2D eigenvalue weighted by Gasteiger charge is -2.30. The second-order valence-electron chi connectivity index (χ2n) is 7.85. The number of ether oxygens (including phenoxy) is 1. The fourth-order valence-corrected chi connectivity index (χ4v) is 2.91. The van der Waals surface area contributed by atoms with Gasteiger partial charge in [0.05, 0.1) is 12.9 Å². The van der Waals surface area contributed by atoms with E-state index in [2.05, 4.69) is 13.8 Å². The highest BCUT2D eigenvalue weighted by molar-refractivity contribution is 7.85. The molecule has 0 atom stereocenters. The summed E-state index contributed by atoms with van der Waals surface area (Å²) in [6.45, 7) is 8.90. The van der Waals surface area contributed by atoms with Crippen molar-refractivity contribution in [3.8, 4) is 0 Å². The largest absolute Gasteiger partial charge is 0.443 e. The number of hydrogen-bond acceptors (Lipinski definition) is 5. The Bertz CT molecular complexity index is 671. The van der Waals surface area contributed by atoms with Crippen LogP contribution in [0.2, 0.25) is 0 Å². The molecule has 0 radical (unpaired) electrons. The maximum atomic E-state index is 12.7. The second-order valence-corrected chi connectivity index (χ2v) is 9.49. The van der Waals surface area contributed by atoms with E-state index in [4.69, 9.17) is 8.92 Å². The first-order chi connectivity index (χ1) is 12.5. The molecular weight excluding hydrogens is 366 g/mol. The third-order valence-corrected chi connectivity index (χ3v) is 4.63. The Labute approximate surface area is 164 Å². The van der Waals surface area contributed by atoms with Crippen LogP contribution in [-0.2, 0) is 25.6 Å². The van der Waals surface area contributed by atoms with Crippen molar-refractivity contribution in [3.05, 3.63) is 35.9 Å². The molecule has 6 nitrogen and oxygen atoms in total. The molecule has 1 rings (SSSR count). The van der Waals surface area contributed by atoms with E-state index in [9.17, 15) is 13.2 Å². The van der Waals surface area contributed by atoms with Crippen molar-refractivity contribution in [1.29, 1.82) is 0 Å². The van der Waals surface area contributed by atoms with Crippen molar-refractivity contribution < 1.29 is 22.1 Å². The van der Waals surface area contributed by atoms with Gasteiger partial charge in [-0.25, -0.2) is 4.79 Å². The van der Waals surface area contributed by atoms with Crippen molar-refractivity contribution in [1.82, 2.24) is 4.90 Å². The molecule has 7 heteroatoms. The zero-order chi connectivity index (χ0) is 20.5. The first kappa shape index (κ1) is 23.4. The minimum absolute atomic E-state index is 0.0359. The lowest BCUT2D eigenvalue weighted by molar-refractivity contribution is 0.00359. The fraction of sp³-hybridized carbons (Fsp3) is 0.650. The number of benzene rings is 1. The Morgan fingerprint density at radius 2 is 1.81 bits per heavy atom. The molecule has 27 heavy (non-hydrogen) atoms. The summed E-state index contributed by atoms with van der Waals surface area (Å²) in [7, 11) is -3.48. The topological polar surface area (TPSA) is 72.9 Å². The Hall–Kier alpha value is -1.60. The van der Waals surface area contributed by atoms with Crippen LogP contribution in [0.4, 0.5) is 4.79 Å². The predicted octanol–water partition coefficient (Wildman–Crippen LogP) is 4.21. The van der Waals surface area contributed by atoms with Crippen molar-refractivity contribution >= 4 is 16.2 Å². The Balaban J connectivity index is 2.71. The van der Waals surface area contributed by atoms with E-state index in [1.165, 1.54) is 0 Å². The highest BCUT2D eigenvalue weighted by Gasteiger charge is 2.26. The van der Waals surface area contributed by atoms with E-state index < -0.39 is 21.8 Å². The zero-order valence-electron chi connectivity index (χ0n) is 17.1. The van der Waals surface area contributed by atoms with Gasteiger partial charge in [-0.15, -0.1) is 0 Å². The summed E-state index contributed by atoms with van der Waals surface area (Å²) < 4.78 is 32.7. The fourth-order valence-electron chi connectivity index (χ4n) is 2.49. The van der Waals surface area contributed by atoms with Crippen molar-refractivity contribution in [3.63, 3.8) is 0 Å². The summed E-state index contributed by atoms with van der Waals surface area (Å²) >= 11 is 0. The van der Waals surface area contributed by atoms with Crippen LogP contribution in [0.3, 0.4) is 0 Å². The van der Waals surface area contributed by atoms with E-state index in [1.54, 1.807) is 4.90 Å². The monoisotopic (exact) mass is 399 g/mol. The Morgan fingerprint density at radius 1 is 1.19 bits per heavy atom. The van der Waals surface area contributed by atoms with Gasteiger partial charge in [0, 0.05) is 13.1 Å². The highest BCUT2D eigenvalue weighted by Crippen LogP contribution is 2.22. The minimum atomic E-state index is -3.48. The normalized spacial score (nSPS) is 12.2. The molecule has 0 spiro atoms. The first-order valence-corrected chi connectivity index (χ1v) is 11.2. The molecule has 0 heterocycles. The van der Waals surface area contributed by atoms with E-state index >= 15 is 0 Å². The van der Waals surface area contributed by atoms with Crippen molar-refractivity contribution in [2.45, 2.75) is 59.1 Å². The molecule has 0 aliphatic rings. The van der Waals surface area contributed by atoms with Crippen LogP contribution in [-0.4, -0.2) is 44.4 Å². The van der Waals surface area contributed by atoms with Crippen LogP contribution in [0.25, 0.3) is 0 Å². The molecule has 0 saturated heterocycles. The SMILES string of the molecule is CC(C)CCC(C)(C)OC(=O)N(CCCOS(C)(=O)=O)Cc1ccccc1. The van der Waals surface area contributed by atoms with E-state index in [0.717, 1.165) is 24.7 Å². The van der Waals surface area contributed by atoms with Gasteiger partial charge in [-0.05, 0) is 44.6 Å². The second kappa shape index (κ2) is 10.7. The van der Waals surface area contributed by atoms with Gasteiger partial charge in [-0.1, -0.05) is 44.2 Å². The Kier molecular flexibility index (Phi) is 9.26. The lowest BCUT2D eigenvalue weighted by Crippen LogP contribution is -2.38. The summed E-state index contributed by atoms with van der Waals surface area (Å²) in [6.07, 6.45) is 2.78. The third-order valence-electron chi connectivity index (χ3n) is 4.03. The number of rotatable bonds is 11. The van der Waals surface area contributed by atoms with Crippen LogP contribution in [0, 0.1) is 5.92 Å². The number of carbonyl (C=O) groups excluding carboxylic acids is 1. The quantitative estimate of drug-likeness (QED) is 0.412. The average Bonchev–Trinajstić information content (AvgIpc) is 2.55. The highest BCUT2D eigenvalue weighted by atomic mass is 32.2. The van der Waals surface area contributed by atoms with Gasteiger partial charge in [0.1, 0.15) is 5.60 Å². The van der Waals surface area contributed by atoms with Gasteiger partial charge in [-0.3, -0.25) is 4.18 Å². The molecule has 1 aromatic carbocycles. The van der Waals surface area contributed by atoms with Gasteiger partial charge >= 0.3 is 6.09 Å². The van der Waals surface area contributed by atoms with Crippen LogP contribution in [0.1, 0.15) is 52.5 Å². The molecule has 154 valence electrons. The van der Waals surface area contributed by atoms with Crippen LogP contribution < -0.4 is 0 Å². The van der Waals surface area contributed by atoms with E-state index in [-0.39, 0.29) is 6.61 Å². The van der Waals surface area contributed by atoms with E-state index in [0.29, 0.717) is 25.4 Å². The molecule has 1 aromatic rings. The van der Waals surface area contributed by atoms with Crippen molar-refractivity contribution in [2.75, 3.05) is 19.4 Å². The summed E-state index contributed by atoms with van der Waals surface area (Å²) in [4.78, 5) is 14.3. The maximum Gasteiger partial charge on any atom is 0.410 e. The molecule has 0 N–H and O–H groups in total. The smallest absolute Gasteiger partial charge is 0.410 e. The molecule has 1 amide bonds. The summed E-state index contributed by atoms with van der Waals surface area (Å²) in [5, 5.41) is 0.